The number of rotatable bonds is 8. The standard InChI is InChI=1S/C24H30N2O4/c1-2-17(11-25-13-19-4-6-21-23(9-19)29-15-27-21)8-18(3-1)12-26-14-20-5-7-22-24(10-20)30-16-28-22/h4-7,9-10,17-18,25-26H,1-3,8,11-16H2. The van der Waals surface area contributed by atoms with Crippen LogP contribution in [-0.2, 0) is 13.1 Å². The van der Waals surface area contributed by atoms with Gasteiger partial charge in [0.2, 0.25) is 13.6 Å². The van der Waals surface area contributed by atoms with Crippen LogP contribution in [0.1, 0.15) is 36.8 Å². The van der Waals surface area contributed by atoms with Gasteiger partial charge in [0.25, 0.3) is 0 Å². The molecule has 0 amide bonds. The summed E-state index contributed by atoms with van der Waals surface area (Å²) >= 11 is 0. The van der Waals surface area contributed by atoms with Gasteiger partial charge >= 0.3 is 0 Å². The maximum atomic E-state index is 5.47. The molecule has 5 rings (SSSR count). The largest absolute Gasteiger partial charge is 0.454 e. The summed E-state index contributed by atoms with van der Waals surface area (Å²) in [5.41, 5.74) is 2.49. The first-order chi connectivity index (χ1) is 14.8. The zero-order chi connectivity index (χ0) is 20.2. The molecule has 1 aliphatic carbocycles. The Hall–Kier alpha value is -2.44. The van der Waals surface area contributed by atoms with Gasteiger partial charge in [0.05, 0.1) is 0 Å². The average molecular weight is 411 g/mol. The SMILES string of the molecule is c1cc2c(cc1CNCC1CCCC(CNCc3ccc4c(c3)OCO4)C1)OCO2. The lowest BCUT2D eigenvalue weighted by Gasteiger charge is -2.29. The first-order valence-corrected chi connectivity index (χ1v) is 11.0. The Balaban J connectivity index is 1.03. The molecule has 2 N–H and O–H groups in total. The maximum absolute atomic E-state index is 5.47. The highest BCUT2D eigenvalue weighted by atomic mass is 16.7. The number of ether oxygens (including phenoxy) is 4. The Kier molecular flexibility index (Phi) is 5.95. The monoisotopic (exact) mass is 410 g/mol. The van der Waals surface area contributed by atoms with E-state index in [1.54, 1.807) is 0 Å². The Labute approximate surface area is 177 Å². The van der Waals surface area contributed by atoms with E-state index in [1.807, 2.05) is 12.1 Å². The van der Waals surface area contributed by atoms with E-state index in [9.17, 15) is 0 Å². The topological polar surface area (TPSA) is 61.0 Å². The van der Waals surface area contributed by atoms with Crippen LogP contribution in [0, 0.1) is 11.8 Å². The van der Waals surface area contributed by atoms with Crippen LogP contribution in [0.2, 0.25) is 0 Å². The Morgan fingerprint density at radius 2 is 1.17 bits per heavy atom. The summed E-state index contributed by atoms with van der Waals surface area (Å²) in [5, 5.41) is 7.29. The second kappa shape index (κ2) is 9.14. The third kappa shape index (κ3) is 4.65. The minimum Gasteiger partial charge on any atom is -0.454 e. The third-order valence-electron chi connectivity index (χ3n) is 6.29. The van der Waals surface area contributed by atoms with Gasteiger partial charge in [-0.1, -0.05) is 18.6 Å². The molecule has 1 saturated carbocycles. The van der Waals surface area contributed by atoms with E-state index < -0.39 is 0 Å². The van der Waals surface area contributed by atoms with Crippen molar-refractivity contribution >= 4 is 0 Å². The van der Waals surface area contributed by atoms with Gasteiger partial charge in [-0.2, -0.15) is 0 Å². The maximum Gasteiger partial charge on any atom is 0.231 e. The molecule has 0 aromatic heterocycles. The second-order valence-corrected chi connectivity index (χ2v) is 8.54. The van der Waals surface area contributed by atoms with Crippen molar-refractivity contribution < 1.29 is 18.9 Å². The summed E-state index contributed by atoms with van der Waals surface area (Å²) in [6.07, 6.45) is 5.27. The van der Waals surface area contributed by atoms with Crippen LogP contribution in [0.4, 0.5) is 0 Å². The van der Waals surface area contributed by atoms with Crippen molar-refractivity contribution in [3.8, 4) is 23.0 Å². The van der Waals surface area contributed by atoms with Crippen LogP contribution in [-0.4, -0.2) is 26.7 Å². The number of fused-ring (bicyclic) bond motifs is 2. The summed E-state index contributed by atoms with van der Waals surface area (Å²) in [6, 6.07) is 12.4. The molecule has 3 aliphatic rings. The molecule has 1 fully saturated rings. The fourth-order valence-corrected chi connectivity index (χ4v) is 4.72. The molecule has 2 aliphatic heterocycles. The summed E-state index contributed by atoms with van der Waals surface area (Å²) < 4.78 is 21.7. The molecule has 6 nitrogen and oxygen atoms in total. The molecule has 2 aromatic rings. The van der Waals surface area contributed by atoms with Gasteiger partial charge in [0.1, 0.15) is 0 Å². The van der Waals surface area contributed by atoms with Gasteiger partial charge in [-0.05, 0) is 79.6 Å². The normalized spacial score (nSPS) is 21.7. The molecule has 6 heteroatoms. The molecular formula is C24H30N2O4. The quantitative estimate of drug-likeness (QED) is 0.690. The molecular weight excluding hydrogens is 380 g/mol. The van der Waals surface area contributed by atoms with Crippen molar-refractivity contribution in [3.63, 3.8) is 0 Å². The first-order valence-electron chi connectivity index (χ1n) is 11.0. The molecule has 2 aromatic carbocycles. The van der Waals surface area contributed by atoms with Crippen molar-refractivity contribution in [2.24, 2.45) is 11.8 Å². The molecule has 0 bridgehead atoms. The lowest BCUT2D eigenvalue weighted by molar-refractivity contribution is 0.173. The van der Waals surface area contributed by atoms with Gasteiger partial charge in [-0.3, -0.25) is 0 Å². The molecule has 0 spiro atoms. The van der Waals surface area contributed by atoms with Crippen LogP contribution in [0.5, 0.6) is 23.0 Å². The summed E-state index contributed by atoms with van der Waals surface area (Å²) in [5.74, 6) is 4.93. The molecule has 2 atom stereocenters. The van der Waals surface area contributed by atoms with Crippen molar-refractivity contribution in [2.75, 3.05) is 26.7 Å². The number of benzene rings is 2. The van der Waals surface area contributed by atoms with E-state index in [0.717, 1.165) is 61.0 Å². The van der Waals surface area contributed by atoms with Gasteiger partial charge in [0.15, 0.2) is 23.0 Å². The van der Waals surface area contributed by atoms with Crippen LogP contribution in [0.3, 0.4) is 0 Å². The predicted octanol–water partition coefficient (Wildman–Crippen LogP) is 3.83. The van der Waals surface area contributed by atoms with Gasteiger partial charge < -0.3 is 29.6 Å². The number of hydrogen-bond donors (Lipinski definition) is 2. The third-order valence-corrected chi connectivity index (χ3v) is 6.29. The van der Waals surface area contributed by atoms with Crippen LogP contribution < -0.4 is 29.6 Å². The van der Waals surface area contributed by atoms with Crippen molar-refractivity contribution in [3.05, 3.63) is 47.5 Å². The van der Waals surface area contributed by atoms with Crippen LogP contribution in [0.15, 0.2) is 36.4 Å². The number of hydrogen-bond acceptors (Lipinski definition) is 6. The molecule has 2 heterocycles. The second-order valence-electron chi connectivity index (χ2n) is 8.54. The Morgan fingerprint density at radius 1 is 0.667 bits per heavy atom. The van der Waals surface area contributed by atoms with Crippen molar-refractivity contribution in [2.45, 2.75) is 38.8 Å². The van der Waals surface area contributed by atoms with Crippen molar-refractivity contribution in [1.82, 2.24) is 10.6 Å². The lowest BCUT2D eigenvalue weighted by Crippen LogP contribution is -2.31. The van der Waals surface area contributed by atoms with Gasteiger partial charge in [-0.15, -0.1) is 0 Å². The molecule has 160 valence electrons. The molecule has 0 radical (unpaired) electrons. The average Bonchev–Trinajstić information content (AvgIpc) is 3.42. The molecule has 30 heavy (non-hydrogen) atoms. The van der Waals surface area contributed by atoms with E-state index in [0.29, 0.717) is 13.6 Å². The first kappa shape index (κ1) is 19.5. The molecule has 2 unspecified atom stereocenters. The summed E-state index contributed by atoms with van der Waals surface area (Å²) in [4.78, 5) is 0. The van der Waals surface area contributed by atoms with E-state index >= 15 is 0 Å². The lowest BCUT2D eigenvalue weighted by atomic mass is 9.81. The highest BCUT2D eigenvalue weighted by Gasteiger charge is 2.22. The van der Waals surface area contributed by atoms with E-state index in [-0.39, 0.29) is 0 Å². The summed E-state index contributed by atoms with van der Waals surface area (Å²) in [6.45, 7) is 4.57. The predicted molar refractivity (Wildman–Crippen MR) is 114 cm³/mol. The summed E-state index contributed by atoms with van der Waals surface area (Å²) in [7, 11) is 0. The van der Waals surface area contributed by atoms with Gasteiger partial charge in [-0.25, -0.2) is 0 Å². The molecule has 0 saturated heterocycles. The smallest absolute Gasteiger partial charge is 0.231 e. The fraction of sp³-hybridized carbons (Fsp3) is 0.500. The zero-order valence-corrected chi connectivity index (χ0v) is 17.3. The minimum absolute atomic E-state index is 0.332. The van der Waals surface area contributed by atoms with Crippen molar-refractivity contribution in [1.29, 1.82) is 0 Å². The Bertz CT molecular complexity index is 803. The Morgan fingerprint density at radius 3 is 1.70 bits per heavy atom. The van der Waals surface area contributed by atoms with Crippen LogP contribution >= 0.6 is 0 Å². The van der Waals surface area contributed by atoms with E-state index in [4.69, 9.17) is 18.9 Å². The zero-order valence-electron chi connectivity index (χ0n) is 17.3. The highest BCUT2D eigenvalue weighted by molar-refractivity contribution is 5.45. The minimum atomic E-state index is 0.332. The number of nitrogens with one attached hydrogen (secondary N) is 2. The van der Waals surface area contributed by atoms with Crippen LogP contribution in [0.25, 0.3) is 0 Å². The van der Waals surface area contributed by atoms with E-state index in [2.05, 4.69) is 34.9 Å². The highest BCUT2D eigenvalue weighted by Crippen LogP contribution is 2.34. The fourth-order valence-electron chi connectivity index (χ4n) is 4.72. The van der Waals surface area contributed by atoms with E-state index in [1.165, 1.54) is 36.8 Å². The van der Waals surface area contributed by atoms with Gasteiger partial charge in [0, 0.05) is 13.1 Å².